The summed E-state index contributed by atoms with van der Waals surface area (Å²) in [5.74, 6) is -0.939. The predicted octanol–water partition coefficient (Wildman–Crippen LogP) is 4.96. The van der Waals surface area contributed by atoms with Crippen LogP contribution in [0, 0.1) is 19.7 Å². The van der Waals surface area contributed by atoms with Gasteiger partial charge in [-0.2, -0.15) is 0 Å². The number of carbonyl (C=O) groups excluding carboxylic acids is 1. The number of pyridine rings is 1. The van der Waals surface area contributed by atoms with Crippen LogP contribution < -0.4 is 5.32 Å². The van der Waals surface area contributed by atoms with E-state index in [-0.39, 0.29) is 11.4 Å². The first kappa shape index (κ1) is 16.4. The lowest BCUT2D eigenvalue weighted by molar-refractivity contribution is 0.102. The van der Waals surface area contributed by atoms with Gasteiger partial charge in [-0.05, 0) is 44.2 Å². The molecule has 5 nitrogen and oxygen atoms in total. The van der Waals surface area contributed by atoms with Gasteiger partial charge in [-0.1, -0.05) is 17.3 Å². The van der Waals surface area contributed by atoms with Crippen LogP contribution in [0.2, 0.25) is 0 Å². The van der Waals surface area contributed by atoms with Gasteiger partial charge in [0.25, 0.3) is 11.6 Å². The molecule has 130 valence electrons. The molecule has 0 aliphatic heterocycles. The maximum atomic E-state index is 13.9. The predicted molar refractivity (Wildman–Crippen MR) is 98.9 cm³/mol. The number of rotatable bonds is 3. The molecule has 0 aliphatic carbocycles. The molecule has 3 aromatic heterocycles. The molecule has 7 heteroatoms. The number of anilines is 1. The SMILES string of the molecule is Cc1ccc(-c2cc(C(=O)Nc3ccccc3F)c3c(C)noc3n2)s1. The number of hydrogen-bond acceptors (Lipinski definition) is 5. The lowest BCUT2D eigenvalue weighted by Gasteiger charge is -2.08. The van der Waals surface area contributed by atoms with Gasteiger partial charge < -0.3 is 9.84 Å². The largest absolute Gasteiger partial charge is 0.335 e. The number of carbonyl (C=O) groups is 1. The van der Waals surface area contributed by atoms with Crippen LogP contribution in [-0.4, -0.2) is 16.0 Å². The van der Waals surface area contributed by atoms with Gasteiger partial charge in [0.2, 0.25) is 0 Å². The van der Waals surface area contributed by atoms with Crippen molar-refractivity contribution in [3.05, 3.63) is 64.4 Å². The fraction of sp³-hybridized carbons (Fsp3) is 0.105. The number of nitrogens with zero attached hydrogens (tertiary/aromatic N) is 2. The molecular formula is C19H14FN3O2S. The average molecular weight is 367 g/mol. The van der Waals surface area contributed by atoms with Crippen LogP contribution in [0.15, 0.2) is 47.0 Å². The first-order valence-corrected chi connectivity index (χ1v) is 8.74. The Labute approximate surface area is 152 Å². The monoisotopic (exact) mass is 367 g/mol. The fourth-order valence-electron chi connectivity index (χ4n) is 2.72. The number of thiophene rings is 1. The van der Waals surface area contributed by atoms with Gasteiger partial charge in [-0.15, -0.1) is 11.3 Å². The molecule has 0 spiro atoms. The maximum Gasteiger partial charge on any atom is 0.259 e. The summed E-state index contributed by atoms with van der Waals surface area (Å²) in [6, 6.07) is 11.6. The number of benzene rings is 1. The van der Waals surface area contributed by atoms with Crippen LogP contribution in [0.5, 0.6) is 0 Å². The van der Waals surface area contributed by atoms with E-state index < -0.39 is 11.7 Å². The lowest BCUT2D eigenvalue weighted by Crippen LogP contribution is -2.14. The zero-order valence-electron chi connectivity index (χ0n) is 14.0. The van der Waals surface area contributed by atoms with Gasteiger partial charge in [0, 0.05) is 4.88 Å². The van der Waals surface area contributed by atoms with Gasteiger partial charge in [-0.3, -0.25) is 4.79 Å². The number of amides is 1. The maximum absolute atomic E-state index is 13.9. The third-order valence-corrected chi connectivity index (χ3v) is 5.00. The standard InChI is InChI=1S/C19H14FN3O2S/c1-10-7-8-16(26-10)15-9-12(17-11(2)23-25-19(17)22-15)18(24)21-14-6-4-3-5-13(14)20/h3-9H,1-2H3,(H,21,24). The van der Waals surface area contributed by atoms with E-state index in [1.54, 1.807) is 36.5 Å². The first-order valence-electron chi connectivity index (χ1n) is 7.92. The molecule has 0 atom stereocenters. The number of para-hydroxylation sites is 1. The van der Waals surface area contributed by atoms with Crippen molar-refractivity contribution in [1.82, 2.24) is 10.1 Å². The number of nitrogens with one attached hydrogen (secondary N) is 1. The number of hydrogen-bond donors (Lipinski definition) is 1. The van der Waals surface area contributed by atoms with Crippen LogP contribution >= 0.6 is 11.3 Å². The van der Waals surface area contributed by atoms with Crippen molar-refractivity contribution < 1.29 is 13.7 Å². The Kier molecular flexibility index (Phi) is 4.00. The number of fused-ring (bicyclic) bond motifs is 1. The molecule has 26 heavy (non-hydrogen) atoms. The molecule has 1 aromatic carbocycles. The Morgan fingerprint density at radius 1 is 1.19 bits per heavy atom. The van der Waals surface area contributed by atoms with E-state index in [0.717, 1.165) is 9.75 Å². The van der Waals surface area contributed by atoms with Crippen molar-refractivity contribution >= 4 is 34.0 Å². The third kappa shape index (κ3) is 2.86. The summed E-state index contributed by atoms with van der Waals surface area (Å²) in [5, 5.41) is 7.05. The minimum Gasteiger partial charge on any atom is -0.335 e. The molecule has 0 aliphatic rings. The van der Waals surface area contributed by atoms with Crippen molar-refractivity contribution in [1.29, 1.82) is 0 Å². The fourth-order valence-corrected chi connectivity index (χ4v) is 3.55. The second-order valence-corrected chi connectivity index (χ2v) is 7.14. The van der Waals surface area contributed by atoms with E-state index in [4.69, 9.17) is 4.52 Å². The van der Waals surface area contributed by atoms with E-state index in [9.17, 15) is 9.18 Å². The molecule has 0 saturated carbocycles. The minimum atomic E-state index is -0.498. The van der Waals surface area contributed by atoms with E-state index in [1.165, 1.54) is 12.1 Å². The number of aryl methyl sites for hydroxylation is 2. The van der Waals surface area contributed by atoms with Crippen LogP contribution in [0.3, 0.4) is 0 Å². The summed E-state index contributed by atoms with van der Waals surface area (Å²) in [5.41, 5.74) is 1.92. The number of halogens is 1. The highest BCUT2D eigenvalue weighted by Gasteiger charge is 2.20. The van der Waals surface area contributed by atoms with Gasteiger partial charge in [0.1, 0.15) is 5.82 Å². The van der Waals surface area contributed by atoms with Crippen LogP contribution in [-0.2, 0) is 0 Å². The van der Waals surface area contributed by atoms with E-state index in [1.807, 2.05) is 19.1 Å². The Morgan fingerprint density at radius 2 is 2.00 bits per heavy atom. The zero-order chi connectivity index (χ0) is 18.3. The molecule has 0 unspecified atom stereocenters. The summed E-state index contributed by atoms with van der Waals surface area (Å²) < 4.78 is 19.2. The molecule has 0 radical (unpaired) electrons. The summed E-state index contributed by atoms with van der Waals surface area (Å²) in [7, 11) is 0. The highest BCUT2D eigenvalue weighted by atomic mass is 32.1. The first-order chi connectivity index (χ1) is 12.5. The Hall–Kier alpha value is -3.06. The van der Waals surface area contributed by atoms with Gasteiger partial charge >= 0.3 is 0 Å². The smallest absolute Gasteiger partial charge is 0.259 e. The molecule has 3 heterocycles. The van der Waals surface area contributed by atoms with Crippen molar-refractivity contribution in [3.63, 3.8) is 0 Å². The van der Waals surface area contributed by atoms with E-state index >= 15 is 0 Å². The molecule has 1 amide bonds. The second kappa shape index (κ2) is 6.34. The summed E-state index contributed by atoms with van der Waals surface area (Å²) in [6.45, 7) is 3.74. The topological polar surface area (TPSA) is 68.0 Å². The molecular weight excluding hydrogens is 353 g/mol. The Bertz CT molecular complexity index is 1130. The molecule has 4 aromatic rings. The van der Waals surface area contributed by atoms with Gasteiger partial charge in [0.05, 0.1) is 32.9 Å². The van der Waals surface area contributed by atoms with E-state index in [2.05, 4.69) is 15.5 Å². The molecule has 0 saturated heterocycles. The highest BCUT2D eigenvalue weighted by molar-refractivity contribution is 7.15. The van der Waals surface area contributed by atoms with Crippen LogP contribution in [0.1, 0.15) is 20.9 Å². The molecule has 0 bridgehead atoms. The van der Waals surface area contributed by atoms with Gasteiger partial charge in [-0.25, -0.2) is 9.37 Å². The van der Waals surface area contributed by atoms with Gasteiger partial charge in [0.15, 0.2) is 0 Å². The van der Waals surface area contributed by atoms with Crippen LogP contribution in [0.25, 0.3) is 21.7 Å². The van der Waals surface area contributed by atoms with Crippen molar-refractivity contribution in [3.8, 4) is 10.6 Å². The third-order valence-electron chi connectivity index (χ3n) is 3.98. The highest BCUT2D eigenvalue weighted by Crippen LogP contribution is 2.31. The molecule has 1 N–H and O–H groups in total. The zero-order valence-corrected chi connectivity index (χ0v) is 14.9. The number of aromatic nitrogens is 2. The Morgan fingerprint density at radius 3 is 2.73 bits per heavy atom. The normalized spacial score (nSPS) is 11.0. The molecule has 4 rings (SSSR count). The van der Waals surface area contributed by atoms with Crippen molar-refractivity contribution in [2.24, 2.45) is 0 Å². The van der Waals surface area contributed by atoms with E-state index in [0.29, 0.717) is 22.3 Å². The lowest BCUT2D eigenvalue weighted by atomic mass is 10.1. The Balaban J connectivity index is 1.83. The van der Waals surface area contributed by atoms with Crippen LogP contribution in [0.4, 0.5) is 10.1 Å². The molecule has 0 fully saturated rings. The minimum absolute atomic E-state index is 0.116. The quantitative estimate of drug-likeness (QED) is 0.556. The summed E-state index contributed by atoms with van der Waals surface area (Å²) in [4.78, 5) is 19.4. The summed E-state index contributed by atoms with van der Waals surface area (Å²) in [6.07, 6.45) is 0. The van der Waals surface area contributed by atoms with Crippen molar-refractivity contribution in [2.75, 3.05) is 5.32 Å². The summed E-state index contributed by atoms with van der Waals surface area (Å²) >= 11 is 1.57. The average Bonchev–Trinajstić information content (AvgIpc) is 3.22. The van der Waals surface area contributed by atoms with Crippen molar-refractivity contribution in [2.45, 2.75) is 13.8 Å². The second-order valence-electron chi connectivity index (χ2n) is 5.85.